The summed E-state index contributed by atoms with van der Waals surface area (Å²) in [6.07, 6.45) is 6.29. The van der Waals surface area contributed by atoms with Crippen LogP contribution in [-0.4, -0.2) is 102 Å². The van der Waals surface area contributed by atoms with Gasteiger partial charge in [-0.05, 0) is 128 Å². The first-order valence-corrected chi connectivity index (χ1v) is 30.9. The lowest BCUT2D eigenvalue weighted by Crippen LogP contribution is -2.39. The average Bonchev–Trinajstić information content (AvgIpc) is 1.55. The standard InChI is InChI=1S/C67H77N6O9PS/c1-48(2)73(49(3)4)83(80-42-19-40-68)82-60-44-62(81-61(60)45-79-67(51-22-15-12-16-23-51,54-28-36-58(76-7)37-29-54)55-30-38-59(77-8)39-31-55)72-47-71-63-64(72)69-46-70-65(63)84-43-18-10-9-17-41-78-66(50-20-13-11-14-21-50,52-24-32-56(74-5)33-25-52)53-26-34-57(75-6)35-27-53/h11-16,20-39,46-49,60-62H,9-10,17-19,41-45H2,1-8H3/t60-,61+,62+,83?/m0/s1. The molecule has 0 aliphatic carbocycles. The van der Waals surface area contributed by atoms with Crippen LogP contribution in [0.3, 0.4) is 0 Å². The summed E-state index contributed by atoms with van der Waals surface area (Å²) in [6, 6.07) is 55.3. The van der Waals surface area contributed by atoms with Crippen molar-refractivity contribution in [1.82, 2.24) is 24.2 Å². The number of methoxy groups -OCH3 is 4. The van der Waals surface area contributed by atoms with Crippen molar-refractivity contribution >= 4 is 31.5 Å². The maximum Gasteiger partial charge on any atom is 0.259 e. The summed E-state index contributed by atoms with van der Waals surface area (Å²) in [5.74, 6) is 3.87. The number of aromatic nitrogens is 4. The molecule has 84 heavy (non-hydrogen) atoms. The number of benzene rings is 6. The number of hydrogen-bond donors (Lipinski definition) is 0. The summed E-state index contributed by atoms with van der Waals surface area (Å²) in [4.78, 5) is 14.5. The molecule has 440 valence electrons. The van der Waals surface area contributed by atoms with E-state index in [-0.39, 0.29) is 31.7 Å². The Bertz CT molecular complexity index is 3210. The second kappa shape index (κ2) is 29.8. The fourth-order valence-corrected chi connectivity index (χ4v) is 13.7. The zero-order chi connectivity index (χ0) is 58.9. The Morgan fingerprint density at radius 3 is 1.56 bits per heavy atom. The molecular formula is C67H77N6O9PS. The fourth-order valence-electron chi connectivity index (χ4n) is 11.0. The van der Waals surface area contributed by atoms with Crippen LogP contribution in [0.5, 0.6) is 23.0 Å². The Hall–Kier alpha value is -6.90. The summed E-state index contributed by atoms with van der Waals surface area (Å²) in [6.45, 7) is 9.43. The molecule has 3 heterocycles. The molecule has 0 bridgehead atoms. The van der Waals surface area contributed by atoms with Crippen molar-refractivity contribution in [3.05, 3.63) is 204 Å². The molecule has 8 aromatic rings. The molecule has 1 saturated heterocycles. The monoisotopic (exact) mass is 1170 g/mol. The van der Waals surface area contributed by atoms with Crippen LogP contribution in [0.15, 0.2) is 175 Å². The topological polar surface area (TPSA) is 154 Å². The van der Waals surface area contributed by atoms with Crippen LogP contribution in [0, 0.1) is 11.3 Å². The van der Waals surface area contributed by atoms with E-state index in [0.717, 1.165) is 92.8 Å². The van der Waals surface area contributed by atoms with Gasteiger partial charge in [0.05, 0.1) is 66.6 Å². The molecule has 9 rings (SSSR count). The number of unbranched alkanes of at least 4 members (excludes halogenated alkanes) is 3. The minimum atomic E-state index is -1.65. The molecule has 0 radical (unpaired) electrons. The minimum absolute atomic E-state index is 0.0860. The van der Waals surface area contributed by atoms with Crippen LogP contribution in [0.25, 0.3) is 11.2 Å². The highest BCUT2D eigenvalue weighted by molar-refractivity contribution is 7.99. The molecule has 0 spiro atoms. The van der Waals surface area contributed by atoms with Crippen molar-refractivity contribution in [2.75, 3.05) is 54.0 Å². The third-order valence-corrected chi connectivity index (χ3v) is 18.3. The molecule has 1 unspecified atom stereocenters. The first-order valence-electron chi connectivity index (χ1n) is 28.7. The lowest BCUT2D eigenvalue weighted by atomic mass is 9.80. The lowest BCUT2D eigenvalue weighted by Gasteiger charge is -2.39. The van der Waals surface area contributed by atoms with Crippen molar-refractivity contribution < 1.29 is 42.2 Å². The van der Waals surface area contributed by atoms with E-state index < -0.39 is 38.2 Å². The normalized spacial score (nSPS) is 15.9. The molecular weight excluding hydrogens is 1100 g/mol. The first-order chi connectivity index (χ1) is 41.1. The van der Waals surface area contributed by atoms with Gasteiger partial charge in [-0.25, -0.2) is 19.6 Å². The van der Waals surface area contributed by atoms with Crippen LogP contribution in [0.1, 0.15) is 106 Å². The van der Waals surface area contributed by atoms with Crippen LogP contribution in [0.2, 0.25) is 0 Å². The van der Waals surface area contributed by atoms with Gasteiger partial charge in [0.15, 0.2) is 5.65 Å². The SMILES string of the molecule is COc1ccc(C(OCCCCCCSc2ncnc3c2ncn3[C@H]2C[C@H](OP(OCCC#N)N(C(C)C)C(C)C)[C@@H](COC(c3ccccc3)(c3ccc(OC)cc3)c3ccc(OC)cc3)O2)(c2ccccc2)c2ccc(OC)cc2)cc1. The fraction of sp³-hybridized carbons (Fsp3) is 0.373. The van der Waals surface area contributed by atoms with Crippen molar-refractivity contribution in [2.45, 2.75) is 113 Å². The third-order valence-electron chi connectivity index (χ3n) is 15.1. The number of thioether (sulfide) groups is 1. The second-order valence-electron chi connectivity index (χ2n) is 21.0. The molecule has 0 N–H and O–H groups in total. The number of nitrogens with zero attached hydrogens (tertiary/aromatic N) is 6. The number of imidazole rings is 1. The Morgan fingerprint density at radius 1 is 0.607 bits per heavy atom. The largest absolute Gasteiger partial charge is 0.497 e. The van der Waals surface area contributed by atoms with Crippen LogP contribution in [0.4, 0.5) is 0 Å². The Morgan fingerprint density at radius 2 is 1.08 bits per heavy atom. The van der Waals surface area contributed by atoms with Gasteiger partial charge in [-0.3, -0.25) is 4.57 Å². The molecule has 17 heteroatoms. The van der Waals surface area contributed by atoms with Crippen LogP contribution < -0.4 is 18.9 Å². The number of ether oxygens (including phenoxy) is 7. The van der Waals surface area contributed by atoms with Gasteiger partial charge in [0.2, 0.25) is 0 Å². The third kappa shape index (κ3) is 14.1. The van der Waals surface area contributed by atoms with Gasteiger partial charge in [-0.2, -0.15) is 5.26 Å². The van der Waals surface area contributed by atoms with E-state index in [1.54, 1.807) is 52.9 Å². The van der Waals surface area contributed by atoms with Gasteiger partial charge in [0, 0.05) is 25.1 Å². The maximum absolute atomic E-state index is 9.57. The maximum atomic E-state index is 9.57. The average molecular weight is 1170 g/mol. The highest BCUT2D eigenvalue weighted by Gasteiger charge is 2.46. The number of nitriles is 1. The van der Waals surface area contributed by atoms with E-state index in [1.807, 2.05) is 102 Å². The van der Waals surface area contributed by atoms with Crippen molar-refractivity contribution in [3.63, 3.8) is 0 Å². The summed E-state index contributed by atoms with van der Waals surface area (Å²) < 4.78 is 62.0. The van der Waals surface area contributed by atoms with Gasteiger partial charge in [0.1, 0.15) is 63.4 Å². The second-order valence-corrected chi connectivity index (χ2v) is 23.5. The molecule has 2 aromatic heterocycles. The highest BCUT2D eigenvalue weighted by Crippen LogP contribution is 2.51. The van der Waals surface area contributed by atoms with E-state index in [1.165, 1.54) is 0 Å². The quantitative estimate of drug-likeness (QED) is 0.0133. The van der Waals surface area contributed by atoms with Crippen LogP contribution in [-0.2, 0) is 34.5 Å². The zero-order valence-corrected chi connectivity index (χ0v) is 51.0. The summed E-state index contributed by atoms with van der Waals surface area (Å²) in [5, 5.41) is 10.4. The molecule has 1 aliphatic rings. The van der Waals surface area contributed by atoms with Crippen LogP contribution >= 0.6 is 20.3 Å². The summed E-state index contributed by atoms with van der Waals surface area (Å²) >= 11 is 1.69. The molecule has 1 fully saturated rings. The van der Waals surface area contributed by atoms with Crippen molar-refractivity contribution in [1.29, 1.82) is 5.26 Å². The summed E-state index contributed by atoms with van der Waals surface area (Å²) in [5.41, 5.74) is 5.19. The van der Waals surface area contributed by atoms with Crippen molar-refractivity contribution in [3.8, 4) is 29.1 Å². The predicted molar refractivity (Wildman–Crippen MR) is 330 cm³/mol. The van der Waals surface area contributed by atoms with Gasteiger partial charge in [-0.1, -0.05) is 122 Å². The zero-order valence-electron chi connectivity index (χ0n) is 49.3. The highest BCUT2D eigenvalue weighted by atomic mass is 32.2. The molecule has 6 aromatic carbocycles. The molecule has 0 amide bonds. The van der Waals surface area contributed by atoms with E-state index in [4.69, 9.17) is 57.2 Å². The van der Waals surface area contributed by atoms with E-state index in [9.17, 15) is 5.26 Å². The Balaban J connectivity index is 0.929. The lowest BCUT2D eigenvalue weighted by molar-refractivity contribution is -0.0912. The van der Waals surface area contributed by atoms with Gasteiger partial charge in [0.25, 0.3) is 8.53 Å². The Kier molecular flexibility index (Phi) is 21.8. The smallest absolute Gasteiger partial charge is 0.259 e. The molecule has 0 saturated carbocycles. The molecule has 4 atom stereocenters. The van der Waals surface area contributed by atoms with E-state index in [0.29, 0.717) is 24.2 Å². The summed E-state index contributed by atoms with van der Waals surface area (Å²) in [7, 11) is 5.03. The molecule has 1 aliphatic heterocycles. The Labute approximate surface area is 500 Å². The van der Waals surface area contributed by atoms with Gasteiger partial charge < -0.3 is 42.2 Å². The molecule has 15 nitrogen and oxygen atoms in total. The predicted octanol–water partition coefficient (Wildman–Crippen LogP) is 14.5. The van der Waals surface area contributed by atoms with E-state index in [2.05, 4.69) is 99.1 Å². The van der Waals surface area contributed by atoms with Gasteiger partial charge >= 0.3 is 0 Å². The number of rotatable bonds is 31. The van der Waals surface area contributed by atoms with Crippen molar-refractivity contribution in [2.24, 2.45) is 0 Å². The van der Waals surface area contributed by atoms with E-state index >= 15 is 0 Å². The number of fused-ring (bicyclic) bond motifs is 1. The minimum Gasteiger partial charge on any atom is -0.497 e. The first kappa shape index (κ1) is 61.7. The van der Waals surface area contributed by atoms with Gasteiger partial charge in [-0.15, -0.1) is 11.8 Å². The number of hydrogen-bond acceptors (Lipinski definition) is 15.